The Bertz CT molecular complexity index is 1190. The van der Waals surface area contributed by atoms with E-state index in [9.17, 15) is 0 Å². The molecule has 2 nitrogen and oxygen atoms in total. The molecule has 8 aliphatic rings. The Morgan fingerprint density at radius 3 is 1.19 bits per heavy atom. The van der Waals surface area contributed by atoms with Gasteiger partial charge in [-0.3, -0.25) is 0 Å². The van der Waals surface area contributed by atoms with Crippen molar-refractivity contribution in [2.24, 2.45) is 118 Å². The summed E-state index contributed by atoms with van der Waals surface area (Å²) in [6.45, 7) is 13.3. The van der Waals surface area contributed by atoms with Gasteiger partial charge in [-0.2, -0.15) is 0 Å². The monoisotopic (exact) mass is 719 g/mol. The molecular formula is C50H90N2+2. The van der Waals surface area contributed by atoms with Gasteiger partial charge in [0.15, 0.2) is 0 Å². The summed E-state index contributed by atoms with van der Waals surface area (Å²) in [4.78, 5) is 0. The molecule has 0 aromatic heterocycles. The van der Waals surface area contributed by atoms with Crippen LogP contribution >= 0.6 is 0 Å². The molecule has 0 aromatic carbocycles. The van der Waals surface area contributed by atoms with E-state index < -0.39 is 0 Å². The average molecular weight is 719 g/mol. The van der Waals surface area contributed by atoms with Gasteiger partial charge >= 0.3 is 0 Å². The van der Waals surface area contributed by atoms with Crippen molar-refractivity contribution in [3.63, 3.8) is 0 Å². The lowest BCUT2D eigenvalue weighted by Crippen LogP contribution is -2.49. The van der Waals surface area contributed by atoms with Gasteiger partial charge in [0.25, 0.3) is 0 Å². The lowest BCUT2D eigenvalue weighted by atomic mass is 9.51. The van der Waals surface area contributed by atoms with Gasteiger partial charge in [0.2, 0.25) is 0 Å². The lowest BCUT2D eigenvalue weighted by molar-refractivity contribution is -0.870. The van der Waals surface area contributed by atoms with Crippen molar-refractivity contribution in [3.8, 4) is 0 Å². The smallest absolute Gasteiger partial charge is 0.0780 e. The minimum Gasteiger partial charge on any atom is -0.331 e. The first-order valence-electron chi connectivity index (χ1n) is 24.4. The molecule has 8 fully saturated rings. The zero-order valence-electron chi connectivity index (χ0n) is 36.6. The van der Waals surface area contributed by atoms with Crippen molar-refractivity contribution < 1.29 is 8.97 Å². The molecule has 8 saturated carbocycles. The molecule has 0 radical (unpaired) electrons. The highest BCUT2D eigenvalue weighted by Crippen LogP contribution is 2.75. The van der Waals surface area contributed by atoms with E-state index in [4.69, 9.17) is 0 Å². The molecule has 0 spiro atoms. The lowest BCUT2D eigenvalue weighted by Gasteiger charge is -2.54. The number of rotatable bonds is 17. The molecule has 52 heavy (non-hydrogen) atoms. The fourth-order valence-corrected chi connectivity index (χ4v) is 18.3. The van der Waals surface area contributed by atoms with E-state index in [0.29, 0.717) is 0 Å². The second-order valence-corrected chi connectivity index (χ2v) is 24.4. The van der Waals surface area contributed by atoms with Crippen molar-refractivity contribution >= 4 is 0 Å². The summed E-state index contributed by atoms with van der Waals surface area (Å²) in [6.07, 6.45) is 28.0. The largest absolute Gasteiger partial charge is 0.331 e. The highest BCUT2D eigenvalue weighted by Gasteiger charge is 2.68. The third-order valence-electron chi connectivity index (χ3n) is 19.8. The average Bonchev–Trinajstić information content (AvgIpc) is 3.93. The van der Waals surface area contributed by atoms with E-state index in [1.54, 1.807) is 70.6 Å². The third kappa shape index (κ3) is 7.08. The summed E-state index contributed by atoms with van der Waals surface area (Å²) in [5.41, 5.74) is 0. The first kappa shape index (κ1) is 38.8. The van der Waals surface area contributed by atoms with E-state index in [2.05, 4.69) is 70.0 Å². The Kier molecular flexibility index (Phi) is 11.2. The minimum absolute atomic E-state index is 1.00. The van der Waals surface area contributed by atoms with Crippen molar-refractivity contribution in [1.29, 1.82) is 0 Å². The van der Waals surface area contributed by atoms with Crippen LogP contribution in [0.1, 0.15) is 143 Å². The van der Waals surface area contributed by atoms with Crippen molar-refractivity contribution in [1.82, 2.24) is 0 Å². The number of unbranched alkanes of at least 4 members (excludes halogenated alkanes) is 2. The number of hydrogen-bond acceptors (Lipinski definition) is 0. The first-order valence-corrected chi connectivity index (χ1v) is 24.4. The summed E-state index contributed by atoms with van der Waals surface area (Å²) in [5.74, 6) is 21.5. The van der Waals surface area contributed by atoms with Crippen LogP contribution in [0.2, 0.25) is 0 Å². The second kappa shape index (κ2) is 15.0. The van der Waals surface area contributed by atoms with Gasteiger partial charge in [0.05, 0.1) is 55.4 Å². The summed E-state index contributed by atoms with van der Waals surface area (Å²) < 4.78 is 2.30. The van der Waals surface area contributed by atoms with Crippen LogP contribution in [0, 0.1) is 118 Å². The predicted octanol–water partition coefficient (Wildman–Crippen LogP) is 11.9. The van der Waals surface area contributed by atoms with Gasteiger partial charge in [-0.15, -0.1) is 0 Å². The first-order chi connectivity index (χ1) is 24.8. The number of hydrogen-bond donors (Lipinski definition) is 0. The van der Waals surface area contributed by atoms with E-state index in [1.807, 2.05) is 0 Å². The van der Waals surface area contributed by atoms with Crippen LogP contribution in [0.25, 0.3) is 0 Å². The zero-order chi connectivity index (χ0) is 36.7. The summed E-state index contributed by atoms with van der Waals surface area (Å²) in [7, 11) is 14.5. The summed E-state index contributed by atoms with van der Waals surface area (Å²) >= 11 is 0. The van der Waals surface area contributed by atoms with Crippen molar-refractivity contribution in [2.75, 3.05) is 55.4 Å². The molecule has 8 rings (SSSR count). The second-order valence-electron chi connectivity index (χ2n) is 24.4. The topological polar surface area (TPSA) is 0 Å². The van der Waals surface area contributed by atoms with Gasteiger partial charge in [-0.1, -0.05) is 66.2 Å². The summed E-state index contributed by atoms with van der Waals surface area (Å²) in [6, 6.07) is 0. The highest BCUT2D eigenvalue weighted by molar-refractivity contribution is 5.16. The van der Waals surface area contributed by atoms with Gasteiger partial charge < -0.3 is 8.97 Å². The molecule has 8 bridgehead atoms. The number of quaternary nitrogens is 2. The predicted molar refractivity (Wildman–Crippen MR) is 221 cm³/mol. The molecule has 298 valence electrons. The van der Waals surface area contributed by atoms with Gasteiger partial charge in [-0.25, -0.2) is 0 Å². The third-order valence-corrected chi connectivity index (χ3v) is 19.8. The molecule has 8 aliphatic carbocycles. The molecule has 0 aromatic rings. The molecule has 20 unspecified atom stereocenters. The van der Waals surface area contributed by atoms with Crippen LogP contribution in [-0.4, -0.2) is 64.3 Å². The Balaban J connectivity index is 1.09. The molecule has 0 saturated heterocycles. The standard InChI is InChI=1S/C50H90N2/c1-11-13-17-34-23-37-27-42(34)46(31(37)3)47-39-26-36(20-16-22-52(8,9)10)44(29-39)50(47)48-40-25-35(18-14-12-2)43(30-40)49(48)45-32(4)41-28-38(45)24-33(41)19-15-21-51(5,6)7/h31-50H,11-30H2,1-10H3/q+2. The van der Waals surface area contributed by atoms with E-state index in [0.717, 1.165) is 127 Å². The molecule has 0 amide bonds. The maximum atomic E-state index is 2.84. The fraction of sp³-hybridized carbons (Fsp3) is 1.00. The van der Waals surface area contributed by atoms with Crippen LogP contribution in [0.3, 0.4) is 0 Å². The number of nitrogens with zero attached hydrogens (tertiary/aromatic N) is 2. The van der Waals surface area contributed by atoms with Crippen LogP contribution in [-0.2, 0) is 0 Å². The van der Waals surface area contributed by atoms with E-state index in [-0.39, 0.29) is 0 Å². The van der Waals surface area contributed by atoms with Gasteiger partial charge in [-0.05, 0) is 195 Å². The Labute approximate surface area is 325 Å². The Hall–Kier alpha value is -0.0800. The van der Waals surface area contributed by atoms with Crippen LogP contribution in [0.4, 0.5) is 0 Å². The van der Waals surface area contributed by atoms with Gasteiger partial charge in [0, 0.05) is 0 Å². The molecule has 20 atom stereocenters. The molecule has 0 heterocycles. The molecule has 0 aliphatic heterocycles. The van der Waals surface area contributed by atoms with Crippen LogP contribution in [0.5, 0.6) is 0 Å². The minimum atomic E-state index is 1.00. The number of fused-ring (bicyclic) bond motifs is 8. The van der Waals surface area contributed by atoms with Crippen LogP contribution < -0.4 is 0 Å². The highest BCUT2D eigenvalue weighted by atomic mass is 15.3. The Morgan fingerprint density at radius 2 is 0.731 bits per heavy atom. The van der Waals surface area contributed by atoms with E-state index >= 15 is 0 Å². The van der Waals surface area contributed by atoms with Crippen molar-refractivity contribution in [2.45, 2.75) is 143 Å². The van der Waals surface area contributed by atoms with Crippen molar-refractivity contribution in [3.05, 3.63) is 0 Å². The normalized spacial score (nSPS) is 50.4. The fourth-order valence-electron chi connectivity index (χ4n) is 18.3. The Morgan fingerprint density at radius 1 is 0.365 bits per heavy atom. The van der Waals surface area contributed by atoms with E-state index in [1.165, 1.54) is 58.0 Å². The zero-order valence-corrected chi connectivity index (χ0v) is 36.6. The summed E-state index contributed by atoms with van der Waals surface area (Å²) in [5, 5.41) is 0. The maximum Gasteiger partial charge on any atom is 0.0780 e. The quantitative estimate of drug-likeness (QED) is 0.131. The SMILES string of the molecule is CCCCC1CC2CC1C(C1C3CC(CCC[N+](C)(C)C)C(C3)C1C1C3CC(CCCC)C(C3)C1C1C3CC(CCC[N+](C)(C)C)C(C3)C1C)C2C. The molecule has 2 heteroatoms. The van der Waals surface area contributed by atoms with Gasteiger partial charge in [0.1, 0.15) is 0 Å². The maximum absolute atomic E-state index is 2.84. The molecular weight excluding hydrogens is 629 g/mol. The molecule has 0 N–H and O–H groups in total. The van der Waals surface area contributed by atoms with Crippen LogP contribution in [0.15, 0.2) is 0 Å².